The smallest absolute Gasteiger partial charge is 0.226 e. The fraction of sp³-hybridized carbons (Fsp3) is 0.636. The topological polar surface area (TPSA) is 70.3 Å². The van der Waals surface area contributed by atoms with Crippen molar-refractivity contribution < 1.29 is 9.47 Å². The summed E-state index contributed by atoms with van der Waals surface area (Å²) in [6.07, 6.45) is 1.06. The Balaban J connectivity index is 2.69. The first-order valence-electron chi connectivity index (χ1n) is 5.36. The van der Waals surface area contributed by atoms with Crippen LogP contribution in [-0.4, -0.2) is 23.2 Å². The minimum Gasteiger partial charge on any atom is -0.481 e. The third-order valence-electron chi connectivity index (χ3n) is 2.03. The van der Waals surface area contributed by atoms with E-state index in [-0.39, 0.29) is 12.1 Å². The maximum absolute atomic E-state index is 5.64. The van der Waals surface area contributed by atoms with Gasteiger partial charge in [0.1, 0.15) is 0 Å². The Morgan fingerprint density at radius 2 is 1.88 bits per heavy atom. The van der Waals surface area contributed by atoms with E-state index in [1.54, 1.807) is 6.07 Å². The molecular weight excluding hydrogens is 206 g/mol. The molecule has 5 nitrogen and oxygen atoms in total. The van der Waals surface area contributed by atoms with Crippen molar-refractivity contribution in [1.82, 2.24) is 9.97 Å². The second kappa shape index (κ2) is 5.53. The molecule has 1 atom stereocenters. The Hall–Kier alpha value is -1.52. The first kappa shape index (κ1) is 12.5. The molecular formula is C11H19N3O2. The molecule has 0 fully saturated rings. The summed E-state index contributed by atoms with van der Waals surface area (Å²) in [4.78, 5) is 7.88. The van der Waals surface area contributed by atoms with Gasteiger partial charge in [0.25, 0.3) is 0 Å². The summed E-state index contributed by atoms with van der Waals surface area (Å²) in [7, 11) is 1.53. The summed E-state index contributed by atoms with van der Waals surface area (Å²) < 4.78 is 10.6. The SMILES string of the molecule is COc1cc(OC(C)CC(C)C)nc(N)n1. The highest BCUT2D eigenvalue weighted by Gasteiger charge is 2.09. The highest BCUT2D eigenvalue weighted by Crippen LogP contribution is 2.19. The molecule has 90 valence electrons. The van der Waals surface area contributed by atoms with Gasteiger partial charge in [-0.3, -0.25) is 0 Å². The monoisotopic (exact) mass is 225 g/mol. The van der Waals surface area contributed by atoms with Gasteiger partial charge in [0.2, 0.25) is 17.7 Å². The molecule has 0 saturated heterocycles. The zero-order valence-corrected chi connectivity index (χ0v) is 10.2. The number of nitrogen functional groups attached to an aromatic ring is 1. The standard InChI is InChI=1S/C11H19N3O2/c1-7(2)5-8(3)16-10-6-9(15-4)13-11(12)14-10/h6-8H,5H2,1-4H3,(H2,12,13,14). The van der Waals surface area contributed by atoms with Crippen molar-refractivity contribution in [2.24, 2.45) is 5.92 Å². The Morgan fingerprint density at radius 1 is 1.25 bits per heavy atom. The minimum absolute atomic E-state index is 0.0963. The summed E-state index contributed by atoms with van der Waals surface area (Å²) in [6.45, 7) is 6.30. The van der Waals surface area contributed by atoms with Crippen molar-refractivity contribution in [2.75, 3.05) is 12.8 Å². The summed E-state index contributed by atoms with van der Waals surface area (Å²) in [5.74, 6) is 1.61. The van der Waals surface area contributed by atoms with Crippen LogP contribution in [0.25, 0.3) is 0 Å². The number of hydrogen-bond acceptors (Lipinski definition) is 5. The van der Waals surface area contributed by atoms with E-state index in [0.29, 0.717) is 17.7 Å². The molecule has 0 bridgehead atoms. The first-order chi connectivity index (χ1) is 7.51. The van der Waals surface area contributed by atoms with Crippen molar-refractivity contribution >= 4 is 5.95 Å². The van der Waals surface area contributed by atoms with Crippen molar-refractivity contribution in [2.45, 2.75) is 33.3 Å². The lowest BCUT2D eigenvalue weighted by molar-refractivity contribution is 0.185. The molecule has 1 heterocycles. The number of hydrogen-bond donors (Lipinski definition) is 1. The third-order valence-corrected chi connectivity index (χ3v) is 2.03. The van der Waals surface area contributed by atoms with E-state index >= 15 is 0 Å². The number of nitrogens with zero attached hydrogens (tertiary/aromatic N) is 2. The lowest BCUT2D eigenvalue weighted by atomic mass is 10.1. The second-order valence-electron chi connectivity index (χ2n) is 4.16. The molecule has 0 aliphatic rings. The highest BCUT2D eigenvalue weighted by atomic mass is 16.5. The predicted molar refractivity (Wildman–Crippen MR) is 62.5 cm³/mol. The van der Waals surface area contributed by atoms with E-state index in [0.717, 1.165) is 6.42 Å². The molecule has 0 spiro atoms. The van der Waals surface area contributed by atoms with E-state index in [2.05, 4.69) is 23.8 Å². The highest BCUT2D eigenvalue weighted by molar-refractivity contribution is 5.29. The van der Waals surface area contributed by atoms with Gasteiger partial charge in [0.05, 0.1) is 19.3 Å². The molecule has 5 heteroatoms. The molecule has 1 aromatic rings. The van der Waals surface area contributed by atoms with Crippen molar-refractivity contribution in [3.05, 3.63) is 6.07 Å². The van der Waals surface area contributed by atoms with Crippen LogP contribution in [0.5, 0.6) is 11.8 Å². The van der Waals surface area contributed by atoms with Gasteiger partial charge in [-0.25, -0.2) is 0 Å². The van der Waals surface area contributed by atoms with E-state index < -0.39 is 0 Å². The van der Waals surface area contributed by atoms with Crippen LogP contribution in [0.4, 0.5) is 5.95 Å². The number of aromatic nitrogens is 2. The van der Waals surface area contributed by atoms with Crippen LogP contribution in [0.3, 0.4) is 0 Å². The number of rotatable bonds is 5. The fourth-order valence-electron chi connectivity index (χ4n) is 1.50. The van der Waals surface area contributed by atoms with Gasteiger partial charge in [-0.05, 0) is 19.3 Å². The number of anilines is 1. The lowest BCUT2D eigenvalue weighted by Crippen LogP contribution is -2.15. The molecule has 0 amide bonds. The molecule has 0 radical (unpaired) electrons. The minimum atomic E-state index is 0.0963. The second-order valence-corrected chi connectivity index (χ2v) is 4.16. The van der Waals surface area contributed by atoms with E-state index in [1.165, 1.54) is 7.11 Å². The van der Waals surface area contributed by atoms with Crippen LogP contribution >= 0.6 is 0 Å². The van der Waals surface area contributed by atoms with Gasteiger partial charge in [-0.2, -0.15) is 9.97 Å². The number of methoxy groups -OCH3 is 1. The van der Waals surface area contributed by atoms with E-state index in [1.807, 2.05) is 6.92 Å². The summed E-state index contributed by atoms with van der Waals surface area (Å²) in [6, 6.07) is 1.63. The van der Waals surface area contributed by atoms with Gasteiger partial charge in [0.15, 0.2) is 0 Å². The Kier molecular flexibility index (Phi) is 4.34. The molecule has 0 saturated carbocycles. The number of nitrogens with two attached hydrogens (primary N) is 1. The van der Waals surface area contributed by atoms with Gasteiger partial charge in [0, 0.05) is 0 Å². The van der Waals surface area contributed by atoms with Crippen molar-refractivity contribution in [1.29, 1.82) is 0 Å². The van der Waals surface area contributed by atoms with Gasteiger partial charge >= 0.3 is 0 Å². The fourth-order valence-corrected chi connectivity index (χ4v) is 1.50. The molecule has 1 aromatic heterocycles. The maximum atomic E-state index is 5.64. The van der Waals surface area contributed by atoms with Crippen molar-refractivity contribution in [3.63, 3.8) is 0 Å². The molecule has 1 unspecified atom stereocenters. The summed E-state index contributed by atoms with van der Waals surface area (Å²) in [5.41, 5.74) is 5.53. The van der Waals surface area contributed by atoms with Crippen LogP contribution in [-0.2, 0) is 0 Å². The van der Waals surface area contributed by atoms with Gasteiger partial charge in [-0.1, -0.05) is 13.8 Å². The lowest BCUT2D eigenvalue weighted by Gasteiger charge is -2.16. The molecule has 16 heavy (non-hydrogen) atoms. The molecule has 0 aliphatic heterocycles. The van der Waals surface area contributed by atoms with Crippen LogP contribution in [0.1, 0.15) is 27.2 Å². The Bertz CT molecular complexity index is 342. The van der Waals surface area contributed by atoms with Crippen LogP contribution < -0.4 is 15.2 Å². The molecule has 1 rings (SSSR count). The molecule has 0 aliphatic carbocycles. The zero-order chi connectivity index (χ0) is 12.1. The first-order valence-corrected chi connectivity index (χ1v) is 5.36. The quantitative estimate of drug-likeness (QED) is 0.828. The molecule has 2 N–H and O–H groups in total. The molecule has 0 aromatic carbocycles. The number of ether oxygens (including phenoxy) is 2. The Labute approximate surface area is 96.0 Å². The predicted octanol–water partition coefficient (Wildman–Crippen LogP) is 1.88. The average molecular weight is 225 g/mol. The Morgan fingerprint density at radius 3 is 2.44 bits per heavy atom. The average Bonchev–Trinajstić information content (AvgIpc) is 2.14. The largest absolute Gasteiger partial charge is 0.481 e. The summed E-state index contributed by atoms with van der Waals surface area (Å²) in [5, 5.41) is 0. The van der Waals surface area contributed by atoms with Crippen molar-refractivity contribution in [3.8, 4) is 11.8 Å². The van der Waals surface area contributed by atoms with Gasteiger partial charge < -0.3 is 15.2 Å². The maximum Gasteiger partial charge on any atom is 0.226 e. The summed E-state index contributed by atoms with van der Waals surface area (Å²) >= 11 is 0. The van der Waals surface area contributed by atoms with E-state index in [9.17, 15) is 0 Å². The van der Waals surface area contributed by atoms with Crippen LogP contribution in [0, 0.1) is 5.92 Å². The van der Waals surface area contributed by atoms with Crippen LogP contribution in [0.2, 0.25) is 0 Å². The van der Waals surface area contributed by atoms with Crippen LogP contribution in [0.15, 0.2) is 6.07 Å². The third kappa shape index (κ3) is 3.92. The van der Waals surface area contributed by atoms with E-state index in [4.69, 9.17) is 15.2 Å². The van der Waals surface area contributed by atoms with Gasteiger partial charge in [-0.15, -0.1) is 0 Å². The normalized spacial score (nSPS) is 12.6. The zero-order valence-electron chi connectivity index (χ0n) is 10.2.